The summed E-state index contributed by atoms with van der Waals surface area (Å²) in [5.41, 5.74) is 1.14. The number of benzene rings is 2. The summed E-state index contributed by atoms with van der Waals surface area (Å²) < 4.78 is 10.3. The third kappa shape index (κ3) is 4.37. The zero-order valence-corrected chi connectivity index (χ0v) is 15.6. The van der Waals surface area contributed by atoms with Gasteiger partial charge in [-0.3, -0.25) is 9.59 Å². The van der Waals surface area contributed by atoms with Crippen molar-refractivity contribution < 1.29 is 19.1 Å². The van der Waals surface area contributed by atoms with Crippen molar-refractivity contribution in [1.29, 1.82) is 0 Å². The van der Waals surface area contributed by atoms with Crippen LogP contribution >= 0.6 is 0 Å². The van der Waals surface area contributed by atoms with Crippen molar-refractivity contribution in [2.45, 2.75) is 6.54 Å². The number of hydrogen-bond acceptors (Lipinski definition) is 5. The molecule has 3 rings (SSSR count). The summed E-state index contributed by atoms with van der Waals surface area (Å²) in [6.45, 7) is -0.0675. The zero-order valence-electron chi connectivity index (χ0n) is 15.6. The number of para-hydroxylation sites is 1. The molecule has 0 aliphatic carbocycles. The van der Waals surface area contributed by atoms with Gasteiger partial charge >= 0.3 is 5.97 Å². The van der Waals surface area contributed by atoms with E-state index in [9.17, 15) is 14.4 Å². The molecule has 1 N–H and O–H groups in total. The number of hydrogen-bond donors (Lipinski definition) is 1. The SMILES string of the molecule is COc1cccc(CN(C)C(=O)COC(=O)c2cc(=O)[nH]c3ccccc23)c1. The van der Waals surface area contributed by atoms with Crippen LogP contribution in [-0.2, 0) is 16.1 Å². The van der Waals surface area contributed by atoms with Gasteiger partial charge in [0.25, 0.3) is 5.91 Å². The first-order valence-electron chi connectivity index (χ1n) is 8.64. The van der Waals surface area contributed by atoms with Crippen molar-refractivity contribution in [1.82, 2.24) is 9.88 Å². The Balaban J connectivity index is 1.66. The molecule has 0 radical (unpaired) electrons. The van der Waals surface area contributed by atoms with E-state index in [1.54, 1.807) is 38.4 Å². The summed E-state index contributed by atoms with van der Waals surface area (Å²) in [5.74, 6) is -0.373. The fraction of sp³-hybridized carbons (Fsp3) is 0.190. The van der Waals surface area contributed by atoms with E-state index < -0.39 is 18.1 Å². The minimum absolute atomic E-state index is 0.127. The fourth-order valence-electron chi connectivity index (χ4n) is 2.82. The maximum Gasteiger partial charge on any atom is 0.339 e. The first kappa shape index (κ1) is 19.2. The highest BCUT2D eigenvalue weighted by Crippen LogP contribution is 2.16. The van der Waals surface area contributed by atoms with E-state index in [4.69, 9.17) is 9.47 Å². The zero-order chi connectivity index (χ0) is 20.1. The van der Waals surface area contributed by atoms with Crippen LogP contribution in [0.25, 0.3) is 10.9 Å². The van der Waals surface area contributed by atoms with E-state index in [1.807, 2.05) is 24.3 Å². The molecule has 144 valence electrons. The van der Waals surface area contributed by atoms with E-state index in [0.29, 0.717) is 23.2 Å². The molecular weight excluding hydrogens is 360 g/mol. The summed E-state index contributed by atoms with van der Waals surface area (Å²) in [5, 5.41) is 0.560. The van der Waals surface area contributed by atoms with Gasteiger partial charge in [0.2, 0.25) is 5.56 Å². The summed E-state index contributed by atoms with van der Waals surface area (Å²) in [7, 11) is 3.20. The Morgan fingerprint density at radius 2 is 1.86 bits per heavy atom. The molecule has 0 saturated heterocycles. The van der Waals surface area contributed by atoms with E-state index in [2.05, 4.69) is 4.98 Å². The molecule has 0 saturated carbocycles. The standard InChI is InChI=1S/C21H20N2O5/c1-23(12-14-6-5-7-15(10-14)27-2)20(25)13-28-21(26)17-11-19(24)22-18-9-4-3-8-16(17)18/h3-11H,12-13H2,1-2H3,(H,22,24). The van der Waals surface area contributed by atoms with Crippen LogP contribution in [0.4, 0.5) is 0 Å². The third-order valence-electron chi connectivity index (χ3n) is 4.28. The number of rotatable bonds is 6. The molecule has 0 bridgehead atoms. The highest BCUT2D eigenvalue weighted by molar-refractivity contribution is 6.03. The average molecular weight is 380 g/mol. The summed E-state index contributed by atoms with van der Waals surface area (Å²) in [6, 6.07) is 15.5. The molecule has 0 fully saturated rings. The Bertz CT molecular complexity index is 1070. The van der Waals surface area contributed by atoms with Gasteiger partial charge < -0.3 is 19.4 Å². The Morgan fingerprint density at radius 3 is 2.64 bits per heavy atom. The van der Waals surface area contributed by atoms with Crippen molar-refractivity contribution in [3.8, 4) is 5.75 Å². The van der Waals surface area contributed by atoms with Gasteiger partial charge in [-0.15, -0.1) is 0 Å². The lowest BCUT2D eigenvalue weighted by molar-refractivity contribution is -0.133. The quantitative estimate of drug-likeness (QED) is 0.663. The van der Waals surface area contributed by atoms with Crippen LogP contribution in [0.3, 0.4) is 0 Å². The number of H-pyrrole nitrogens is 1. The number of pyridine rings is 1. The van der Waals surface area contributed by atoms with Gasteiger partial charge in [-0.1, -0.05) is 30.3 Å². The maximum atomic E-state index is 12.4. The predicted molar refractivity (Wildman–Crippen MR) is 104 cm³/mol. The van der Waals surface area contributed by atoms with Gasteiger partial charge in [-0.2, -0.15) is 0 Å². The molecule has 0 aliphatic heterocycles. The number of carbonyl (C=O) groups is 2. The summed E-state index contributed by atoms with van der Waals surface area (Å²) in [6.07, 6.45) is 0. The molecule has 1 heterocycles. The number of nitrogens with zero attached hydrogens (tertiary/aromatic N) is 1. The number of likely N-dealkylation sites (N-methyl/N-ethyl adjacent to an activating group) is 1. The lowest BCUT2D eigenvalue weighted by Crippen LogP contribution is -2.31. The number of amides is 1. The molecular formula is C21H20N2O5. The van der Waals surface area contributed by atoms with Crippen LogP contribution in [-0.4, -0.2) is 42.5 Å². The fourth-order valence-corrected chi connectivity index (χ4v) is 2.82. The molecule has 7 nitrogen and oxygen atoms in total. The van der Waals surface area contributed by atoms with E-state index in [0.717, 1.165) is 5.56 Å². The van der Waals surface area contributed by atoms with Gasteiger partial charge in [-0.05, 0) is 23.8 Å². The number of esters is 1. The smallest absolute Gasteiger partial charge is 0.339 e. The monoisotopic (exact) mass is 380 g/mol. The Morgan fingerprint density at radius 1 is 1.07 bits per heavy atom. The van der Waals surface area contributed by atoms with Crippen molar-refractivity contribution in [3.63, 3.8) is 0 Å². The van der Waals surface area contributed by atoms with Crippen molar-refractivity contribution in [2.75, 3.05) is 20.8 Å². The topological polar surface area (TPSA) is 88.7 Å². The van der Waals surface area contributed by atoms with Crippen LogP contribution in [0.1, 0.15) is 15.9 Å². The number of aromatic amines is 1. The average Bonchev–Trinajstić information content (AvgIpc) is 2.71. The van der Waals surface area contributed by atoms with Gasteiger partial charge in [0, 0.05) is 30.6 Å². The molecule has 0 unspecified atom stereocenters. The molecule has 1 aromatic heterocycles. The maximum absolute atomic E-state index is 12.4. The van der Waals surface area contributed by atoms with Gasteiger partial charge in [0.05, 0.1) is 12.7 Å². The van der Waals surface area contributed by atoms with Crippen molar-refractivity contribution in [3.05, 3.63) is 76.1 Å². The van der Waals surface area contributed by atoms with Crippen LogP contribution in [0.5, 0.6) is 5.75 Å². The number of nitrogens with one attached hydrogen (secondary N) is 1. The number of aromatic nitrogens is 1. The molecule has 1 amide bonds. The minimum Gasteiger partial charge on any atom is -0.497 e. The van der Waals surface area contributed by atoms with Crippen LogP contribution < -0.4 is 10.3 Å². The first-order chi connectivity index (χ1) is 13.5. The Hall–Kier alpha value is -3.61. The van der Waals surface area contributed by atoms with Crippen LogP contribution in [0.15, 0.2) is 59.4 Å². The summed E-state index contributed by atoms with van der Waals surface area (Å²) in [4.78, 5) is 40.6. The molecule has 0 aliphatic rings. The normalized spacial score (nSPS) is 10.5. The molecule has 7 heteroatoms. The van der Waals surface area contributed by atoms with Gasteiger partial charge in [0.15, 0.2) is 6.61 Å². The van der Waals surface area contributed by atoms with Crippen molar-refractivity contribution in [2.24, 2.45) is 0 Å². The highest BCUT2D eigenvalue weighted by atomic mass is 16.5. The first-order valence-corrected chi connectivity index (χ1v) is 8.64. The van der Waals surface area contributed by atoms with E-state index >= 15 is 0 Å². The number of fused-ring (bicyclic) bond motifs is 1. The lowest BCUT2D eigenvalue weighted by Gasteiger charge is -2.17. The second-order valence-corrected chi connectivity index (χ2v) is 6.27. The predicted octanol–water partition coefficient (Wildman–Crippen LogP) is 2.35. The van der Waals surface area contributed by atoms with E-state index in [1.165, 1.54) is 11.0 Å². The van der Waals surface area contributed by atoms with Gasteiger partial charge in [0.1, 0.15) is 5.75 Å². The molecule has 28 heavy (non-hydrogen) atoms. The third-order valence-corrected chi connectivity index (χ3v) is 4.28. The van der Waals surface area contributed by atoms with E-state index in [-0.39, 0.29) is 11.5 Å². The Kier molecular flexibility index (Phi) is 5.74. The minimum atomic E-state index is -0.717. The number of carbonyl (C=O) groups excluding carboxylic acids is 2. The molecule has 2 aromatic carbocycles. The van der Waals surface area contributed by atoms with Crippen molar-refractivity contribution >= 4 is 22.8 Å². The van der Waals surface area contributed by atoms with Crippen LogP contribution in [0, 0.1) is 0 Å². The molecule has 3 aromatic rings. The molecule has 0 atom stereocenters. The Labute approximate surface area is 161 Å². The highest BCUT2D eigenvalue weighted by Gasteiger charge is 2.17. The number of ether oxygens (including phenoxy) is 2. The van der Waals surface area contributed by atoms with Gasteiger partial charge in [-0.25, -0.2) is 4.79 Å². The largest absolute Gasteiger partial charge is 0.497 e. The molecule has 0 spiro atoms. The lowest BCUT2D eigenvalue weighted by atomic mass is 10.1. The van der Waals surface area contributed by atoms with Crippen LogP contribution in [0.2, 0.25) is 0 Å². The summed E-state index contributed by atoms with van der Waals surface area (Å²) >= 11 is 0. The second kappa shape index (κ2) is 8.39. The second-order valence-electron chi connectivity index (χ2n) is 6.27. The number of methoxy groups -OCH3 is 1.